The van der Waals surface area contributed by atoms with Crippen LogP contribution in [0.15, 0.2) is 0 Å². The van der Waals surface area contributed by atoms with E-state index in [2.05, 4.69) is 17.9 Å². The molecule has 7 N–H and O–H groups in total. The van der Waals surface area contributed by atoms with Gasteiger partial charge in [-0.25, -0.2) is 4.79 Å². The maximum atomic E-state index is 11.9. The second-order valence-corrected chi connectivity index (χ2v) is 4.81. The molecule has 0 fully saturated rings. The maximum Gasteiger partial charge on any atom is 0.326 e. The highest BCUT2D eigenvalue weighted by Crippen LogP contribution is 1.99. The van der Waals surface area contributed by atoms with Gasteiger partial charge in [0.1, 0.15) is 12.1 Å². The van der Waals surface area contributed by atoms with E-state index in [1.165, 1.54) is 0 Å². The zero-order valence-corrected chi connectivity index (χ0v) is 12.7. The first-order chi connectivity index (χ1) is 10.6. The molecule has 0 aliphatic rings. The van der Waals surface area contributed by atoms with Gasteiger partial charge in [-0.15, -0.1) is 0 Å². The van der Waals surface area contributed by atoms with Crippen LogP contribution in [0, 0.1) is 0 Å². The van der Waals surface area contributed by atoms with E-state index in [-0.39, 0.29) is 5.75 Å². The minimum Gasteiger partial charge on any atom is -0.481 e. The van der Waals surface area contributed by atoms with Gasteiger partial charge in [-0.3, -0.25) is 19.2 Å². The lowest BCUT2D eigenvalue weighted by molar-refractivity contribution is -0.148. The van der Waals surface area contributed by atoms with Crippen molar-refractivity contribution in [1.29, 1.82) is 0 Å². The average Bonchev–Trinajstić information content (AvgIpc) is 2.43. The first-order valence-corrected chi connectivity index (χ1v) is 6.85. The minimum atomic E-state index is -1.77. The van der Waals surface area contributed by atoms with Crippen LogP contribution in [-0.4, -0.2) is 68.9 Å². The monoisotopic (exact) mass is 351 g/mol. The summed E-state index contributed by atoms with van der Waals surface area (Å²) >= 11 is 3.77. The summed E-state index contributed by atoms with van der Waals surface area (Å²) in [5.41, 5.74) is 5.37. The largest absolute Gasteiger partial charge is 0.481 e. The number of rotatable bonds is 10. The predicted molar refractivity (Wildman–Crippen MR) is 77.8 cm³/mol. The molecule has 2 amide bonds. The normalized spacial score (nSPS) is 14.2. The molecule has 0 bridgehead atoms. The number of aliphatic carboxylic acids is 3. The summed E-state index contributed by atoms with van der Waals surface area (Å²) < 4.78 is 0. The van der Waals surface area contributed by atoms with E-state index in [9.17, 15) is 24.0 Å². The molecule has 0 spiro atoms. The van der Waals surface area contributed by atoms with Crippen molar-refractivity contribution in [2.75, 3.05) is 5.75 Å². The Kier molecular flexibility index (Phi) is 8.65. The Morgan fingerprint density at radius 2 is 1.30 bits per heavy atom. The summed E-state index contributed by atoms with van der Waals surface area (Å²) in [4.78, 5) is 55.7. The zero-order chi connectivity index (χ0) is 18.2. The van der Waals surface area contributed by atoms with Crippen LogP contribution in [0.5, 0.6) is 0 Å². The van der Waals surface area contributed by atoms with Gasteiger partial charge in [0.25, 0.3) is 0 Å². The Labute approximate surface area is 135 Å². The van der Waals surface area contributed by atoms with Gasteiger partial charge >= 0.3 is 17.9 Å². The Bertz CT molecular complexity index is 498. The Balaban J connectivity index is 5.04. The third-order valence-electron chi connectivity index (χ3n) is 2.54. The summed E-state index contributed by atoms with van der Waals surface area (Å²) in [6.07, 6.45) is -1.75. The summed E-state index contributed by atoms with van der Waals surface area (Å²) in [6.45, 7) is 0. The fourth-order valence-electron chi connectivity index (χ4n) is 1.39. The number of carboxylic acids is 3. The van der Waals surface area contributed by atoms with Crippen LogP contribution in [0.2, 0.25) is 0 Å². The summed E-state index contributed by atoms with van der Waals surface area (Å²) in [6, 6.07) is -4.48. The molecule has 0 saturated heterocycles. The SMILES string of the molecule is N[C@@H](CS)C(=O)N[C@@H](CC(=O)O)C(=O)N[C@@H](CC(=O)O)C(=O)O. The van der Waals surface area contributed by atoms with Gasteiger partial charge in [-0.1, -0.05) is 0 Å². The number of hydrogen-bond donors (Lipinski definition) is 7. The number of carbonyl (C=O) groups is 5. The van der Waals surface area contributed by atoms with Gasteiger partial charge in [0.15, 0.2) is 0 Å². The first kappa shape index (κ1) is 20.7. The van der Waals surface area contributed by atoms with Crippen molar-refractivity contribution < 1.29 is 39.3 Å². The number of hydrogen-bond acceptors (Lipinski definition) is 7. The molecule has 0 heterocycles. The molecule has 0 unspecified atom stereocenters. The van der Waals surface area contributed by atoms with E-state index >= 15 is 0 Å². The summed E-state index contributed by atoms with van der Waals surface area (Å²) in [5, 5.41) is 30.1. The molecule has 12 heteroatoms. The Morgan fingerprint density at radius 3 is 1.70 bits per heavy atom. The first-order valence-electron chi connectivity index (χ1n) is 6.22. The van der Waals surface area contributed by atoms with Crippen molar-refractivity contribution >= 4 is 42.4 Å². The van der Waals surface area contributed by atoms with Crippen LogP contribution in [0.1, 0.15) is 12.8 Å². The lowest BCUT2D eigenvalue weighted by Crippen LogP contribution is -2.55. The average molecular weight is 351 g/mol. The van der Waals surface area contributed by atoms with Crippen molar-refractivity contribution in [3.05, 3.63) is 0 Å². The molecule has 3 atom stereocenters. The molecular weight excluding hydrogens is 334 g/mol. The van der Waals surface area contributed by atoms with E-state index in [0.29, 0.717) is 0 Å². The lowest BCUT2D eigenvalue weighted by atomic mass is 10.1. The molecule has 0 aromatic rings. The molecule has 0 radical (unpaired) electrons. The quantitative estimate of drug-likeness (QED) is 0.204. The van der Waals surface area contributed by atoms with Gasteiger partial charge in [-0.2, -0.15) is 12.6 Å². The predicted octanol–water partition coefficient (Wildman–Crippen LogP) is -2.75. The fourth-order valence-corrected chi connectivity index (χ4v) is 1.56. The number of thiol groups is 1. The van der Waals surface area contributed by atoms with Gasteiger partial charge in [0.05, 0.1) is 18.9 Å². The van der Waals surface area contributed by atoms with E-state index in [1.807, 2.05) is 5.32 Å². The van der Waals surface area contributed by atoms with Crippen LogP contribution in [-0.2, 0) is 24.0 Å². The van der Waals surface area contributed by atoms with Crippen LogP contribution in [0.3, 0.4) is 0 Å². The van der Waals surface area contributed by atoms with Crippen LogP contribution in [0.4, 0.5) is 0 Å². The third-order valence-corrected chi connectivity index (χ3v) is 2.93. The second kappa shape index (κ2) is 9.63. The number of nitrogens with one attached hydrogen (secondary N) is 2. The van der Waals surface area contributed by atoms with Crippen molar-refractivity contribution in [3.8, 4) is 0 Å². The van der Waals surface area contributed by atoms with Crippen LogP contribution < -0.4 is 16.4 Å². The van der Waals surface area contributed by atoms with Gasteiger partial charge in [-0.05, 0) is 0 Å². The number of carboxylic acid groups (broad SMARTS) is 3. The Morgan fingerprint density at radius 1 is 0.870 bits per heavy atom. The highest BCUT2D eigenvalue weighted by atomic mass is 32.1. The summed E-state index contributed by atoms with van der Waals surface area (Å²) in [5.74, 6) is -6.60. The van der Waals surface area contributed by atoms with Crippen LogP contribution >= 0.6 is 12.6 Å². The van der Waals surface area contributed by atoms with Crippen molar-refractivity contribution in [2.24, 2.45) is 5.73 Å². The standard InChI is InChI=1S/C11H17N3O8S/c12-4(3-23)9(19)13-5(1-7(15)16)10(20)14-6(11(21)22)2-8(17)18/h4-6,23H,1-3,12H2,(H,13,19)(H,14,20)(H,15,16)(H,17,18)(H,21,22)/t4-,5-,6-/m0/s1. The van der Waals surface area contributed by atoms with E-state index < -0.39 is 60.7 Å². The molecule has 23 heavy (non-hydrogen) atoms. The minimum absolute atomic E-state index is 0.0655. The van der Waals surface area contributed by atoms with Crippen molar-refractivity contribution in [2.45, 2.75) is 31.0 Å². The Hall–Kier alpha value is -2.34. The molecule has 0 aliphatic heterocycles. The smallest absolute Gasteiger partial charge is 0.326 e. The topological polar surface area (TPSA) is 196 Å². The van der Waals surface area contributed by atoms with Crippen LogP contribution in [0.25, 0.3) is 0 Å². The third kappa shape index (κ3) is 8.01. The lowest BCUT2D eigenvalue weighted by Gasteiger charge is -2.20. The molecule has 11 nitrogen and oxygen atoms in total. The van der Waals surface area contributed by atoms with Gasteiger partial charge < -0.3 is 31.7 Å². The highest BCUT2D eigenvalue weighted by molar-refractivity contribution is 7.80. The maximum absolute atomic E-state index is 11.9. The highest BCUT2D eigenvalue weighted by Gasteiger charge is 2.30. The van der Waals surface area contributed by atoms with E-state index in [0.717, 1.165) is 0 Å². The van der Waals surface area contributed by atoms with Gasteiger partial charge in [0.2, 0.25) is 11.8 Å². The van der Waals surface area contributed by atoms with Crippen molar-refractivity contribution in [1.82, 2.24) is 10.6 Å². The molecule has 0 aromatic heterocycles. The van der Waals surface area contributed by atoms with Gasteiger partial charge in [0, 0.05) is 5.75 Å². The zero-order valence-electron chi connectivity index (χ0n) is 11.8. The summed E-state index contributed by atoms with van der Waals surface area (Å²) in [7, 11) is 0. The van der Waals surface area contributed by atoms with E-state index in [1.54, 1.807) is 0 Å². The number of amides is 2. The molecular formula is C11H17N3O8S. The molecule has 0 aromatic carbocycles. The van der Waals surface area contributed by atoms with Crippen molar-refractivity contribution in [3.63, 3.8) is 0 Å². The molecule has 0 saturated carbocycles. The van der Waals surface area contributed by atoms with E-state index in [4.69, 9.17) is 21.1 Å². The molecule has 0 rings (SSSR count). The fraction of sp³-hybridized carbons (Fsp3) is 0.545. The molecule has 0 aliphatic carbocycles. The molecule has 130 valence electrons. The number of nitrogens with two attached hydrogens (primary N) is 1. The second-order valence-electron chi connectivity index (χ2n) is 4.45. The number of carbonyl (C=O) groups excluding carboxylic acids is 2.